The second-order valence-corrected chi connectivity index (χ2v) is 7.46. The van der Waals surface area contributed by atoms with E-state index in [1.54, 1.807) is 6.07 Å². The first kappa shape index (κ1) is 13.2. The molecule has 0 bridgehead atoms. The highest BCUT2D eigenvalue weighted by Crippen LogP contribution is 2.55. The van der Waals surface area contributed by atoms with Crippen LogP contribution in [0.5, 0.6) is 5.75 Å². The smallest absolute Gasteiger partial charge is 0.299 e. The lowest BCUT2D eigenvalue weighted by atomic mass is 10.2. The molecule has 0 saturated heterocycles. The van der Waals surface area contributed by atoms with Crippen LogP contribution in [0.4, 0.5) is 17.1 Å². The van der Waals surface area contributed by atoms with Crippen molar-refractivity contribution in [3.63, 3.8) is 0 Å². The molecule has 8 heteroatoms. The number of fused-ring (bicyclic) bond motifs is 1. The summed E-state index contributed by atoms with van der Waals surface area (Å²) in [7, 11) is 0. The lowest BCUT2D eigenvalue weighted by Crippen LogP contribution is -2.06. The monoisotopic (exact) mass is 308 g/mol. The first-order valence-electron chi connectivity index (χ1n) is 5.77. The summed E-state index contributed by atoms with van der Waals surface area (Å²) in [6, 6.07) is 13.9. The highest BCUT2D eigenvalue weighted by atomic mass is 32.4. The van der Waals surface area contributed by atoms with E-state index < -0.39 is 6.57 Å². The molecule has 2 aromatic rings. The molecule has 0 aliphatic carbocycles. The van der Waals surface area contributed by atoms with Gasteiger partial charge in [0.15, 0.2) is 0 Å². The van der Waals surface area contributed by atoms with Crippen LogP contribution in [0.15, 0.2) is 48.5 Å². The molecule has 3 rings (SSSR count). The number of benzene rings is 2. The van der Waals surface area contributed by atoms with Crippen molar-refractivity contribution >= 4 is 35.4 Å². The van der Waals surface area contributed by atoms with E-state index in [9.17, 15) is 5.21 Å². The number of nitrogens with zero attached hydrogens (tertiary/aromatic N) is 1. The Morgan fingerprint density at radius 1 is 1.10 bits per heavy atom. The number of hydrogen-bond acceptors (Lipinski definition) is 5. The summed E-state index contributed by atoms with van der Waals surface area (Å²) in [5.74, 6) is 0.663. The lowest BCUT2D eigenvalue weighted by molar-refractivity contribution is 0.296. The minimum absolute atomic E-state index is 0.126. The van der Waals surface area contributed by atoms with Gasteiger partial charge in [-0.3, -0.25) is 5.21 Å². The van der Waals surface area contributed by atoms with Crippen LogP contribution in [0, 0.1) is 5.21 Å². The molecular formula is C12H11N3O3PS-. The molecule has 1 atom stereocenters. The molecule has 104 valence electrons. The molecule has 0 saturated carbocycles. The first-order chi connectivity index (χ1) is 9.56. The summed E-state index contributed by atoms with van der Waals surface area (Å²) < 4.78 is 5.80. The van der Waals surface area contributed by atoms with E-state index >= 15 is 0 Å². The highest BCUT2D eigenvalue weighted by Gasteiger charge is 2.28. The molecular weight excluding hydrogens is 297 g/mol. The number of rotatable bonds is 3. The predicted octanol–water partition coefficient (Wildman–Crippen LogP) is 3.52. The van der Waals surface area contributed by atoms with Crippen molar-refractivity contribution in [3.05, 3.63) is 53.7 Å². The molecule has 6 nitrogen and oxygen atoms in total. The second kappa shape index (κ2) is 4.96. The van der Waals surface area contributed by atoms with Gasteiger partial charge in [0.05, 0.1) is 17.1 Å². The predicted molar refractivity (Wildman–Crippen MR) is 82.7 cm³/mol. The van der Waals surface area contributed by atoms with Crippen LogP contribution in [-0.4, -0.2) is 5.21 Å². The van der Waals surface area contributed by atoms with Crippen molar-refractivity contribution in [1.29, 1.82) is 0 Å². The standard InChI is InChI=1S/C12H11N3O3PS/c16-15(17)9-6-7-11-12(8-9)14-19(20,13-11)18-10-4-2-1-3-5-10/h1-8,16H,(H2,13,14,20)/q-1. The van der Waals surface area contributed by atoms with E-state index in [0.29, 0.717) is 11.4 Å². The Labute approximate surface area is 120 Å². The van der Waals surface area contributed by atoms with Crippen molar-refractivity contribution in [2.24, 2.45) is 0 Å². The molecule has 1 heterocycles. The number of hydrogen-bond donors (Lipinski definition) is 3. The maximum Gasteiger partial charge on any atom is 0.299 e. The normalized spacial score (nSPS) is 19.7. The Morgan fingerprint density at radius 2 is 1.80 bits per heavy atom. The van der Waals surface area contributed by atoms with E-state index in [1.807, 2.05) is 30.3 Å². The van der Waals surface area contributed by atoms with Gasteiger partial charge < -0.3 is 25.1 Å². The maximum absolute atomic E-state index is 10.9. The molecule has 0 spiro atoms. The van der Waals surface area contributed by atoms with Gasteiger partial charge in [0, 0.05) is 0 Å². The van der Waals surface area contributed by atoms with Crippen molar-refractivity contribution < 1.29 is 9.73 Å². The Kier molecular flexibility index (Phi) is 3.27. The van der Waals surface area contributed by atoms with E-state index in [-0.39, 0.29) is 10.9 Å². The Bertz CT molecular complexity index is 681. The number of nitrogens with one attached hydrogen (secondary N) is 2. The van der Waals surface area contributed by atoms with Gasteiger partial charge in [0.25, 0.3) is 6.57 Å². The summed E-state index contributed by atoms with van der Waals surface area (Å²) in [5.41, 5.74) is 1.51. The third-order valence-electron chi connectivity index (χ3n) is 2.74. The Hall–Kier alpha value is -1.79. The molecule has 1 unspecified atom stereocenters. The zero-order valence-corrected chi connectivity index (χ0v) is 11.9. The highest BCUT2D eigenvalue weighted by molar-refractivity contribution is 8.14. The average molecular weight is 308 g/mol. The zero-order valence-electron chi connectivity index (χ0n) is 10.2. The zero-order chi connectivity index (χ0) is 14.2. The van der Waals surface area contributed by atoms with Crippen molar-refractivity contribution in [1.82, 2.24) is 0 Å². The molecule has 0 fully saturated rings. The molecule has 20 heavy (non-hydrogen) atoms. The molecule has 2 aromatic carbocycles. The van der Waals surface area contributed by atoms with Crippen LogP contribution >= 0.6 is 6.57 Å². The van der Waals surface area contributed by atoms with Crippen molar-refractivity contribution in [2.45, 2.75) is 0 Å². The Morgan fingerprint density at radius 3 is 2.50 bits per heavy atom. The van der Waals surface area contributed by atoms with E-state index in [4.69, 9.17) is 21.5 Å². The quantitative estimate of drug-likeness (QED) is 0.591. The second-order valence-electron chi connectivity index (χ2n) is 4.18. The first-order valence-corrected chi connectivity index (χ1v) is 8.49. The van der Waals surface area contributed by atoms with Crippen molar-refractivity contribution in [3.8, 4) is 5.75 Å². The van der Waals surface area contributed by atoms with E-state index in [0.717, 1.165) is 5.69 Å². The molecule has 0 amide bonds. The van der Waals surface area contributed by atoms with Crippen LogP contribution in [-0.2, 0) is 11.8 Å². The summed E-state index contributed by atoms with van der Waals surface area (Å²) >= 11 is 5.48. The van der Waals surface area contributed by atoms with Crippen LogP contribution in [0.1, 0.15) is 0 Å². The van der Waals surface area contributed by atoms with E-state index in [2.05, 4.69) is 10.2 Å². The minimum atomic E-state index is -2.49. The third kappa shape index (κ3) is 2.57. The maximum atomic E-state index is 10.9. The summed E-state index contributed by atoms with van der Waals surface area (Å²) in [6.07, 6.45) is 0. The topological polar surface area (TPSA) is 79.8 Å². The molecule has 0 radical (unpaired) electrons. The number of para-hydroxylation sites is 1. The van der Waals surface area contributed by atoms with Gasteiger partial charge in [-0.25, -0.2) is 0 Å². The average Bonchev–Trinajstić information content (AvgIpc) is 2.74. The molecule has 1 aliphatic heterocycles. The summed E-state index contributed by atoms with van der Waals surface area (Å²) in [6.45, 7) is -2.49. The molecule has 1 aliphatic rings. The fourth-order valence-corrected chi connectivity index (χ4v) is 4.29. The number of anilines is 3. The molecule has 0 aromatic heterocycles. The largest absolute Gasteiger partial charge is 0.733 e. The summed E-state index contributed by atoms with van der Waals surface area (Å²) in [5, 5.41) is 25.8. The molecule has 3 N–H and O–H groups in total. The van der Waals surface area contributed by atoms with Crippen LogP contribution in [0.2, 0.25) is 0 Å². The van der Waals surface area contributed by atoms with Gasteiger partial charge in [0.2, 0.25) is 0 Å². The van der Waals surface area contributed by atoms with Gasteiger partial charge in [-0.15, -0.1) is 0 Å². The van der Waals surface area contributed by atoms with Crippen LogP contribution in [0.3, 0.4) is 0 Å². The van der Waals surface area contributed by atoms with Gasteiger partial charge in [0.1, 0.15) is 5.75 Å². The summed E-state index contributed by atoms with van der Waals surface area (Å²) in [4.78, 5) is 0. The van der Waals surface area contributed by atoms with E-state index in [1.165, 1.54) is 12.1 Å². The van der Waals surface area contributed by atoms with Crippen LogP contribution < -0.4 is 19.9 Å². The van der Waals surface area contributed by atoms with Crippen molar-refractivity contribution in [2.75, 3.05) is 15.4 Å². The van der Waals surface area contributed by atoms with Gasteiger partial charge in [-0.1, -0.05) is 18.2 Å². The fourth-order valence-electron chi connectivity index (χ4n) is 1.86. The van der Waals surface area contributed by atoms with Gasteiger partial charge >= 0.3 is 0 Å². The Balaban J connectivity index is 1.84. The minimum Gasteiger partial charge on any atom is -0.733 e. The lowest BCUT2D eigenvalue weighted by Gasteiger charge is -2.21. The fraction of sp³-hybridized carbons (Fsp3) is 0. The van der Waals surface area contributed by atoms with Gasteiger partial charge in [-0.2, -0.15) is 0 Å². The van der Waals surface area contributed by atoms with Crippen LogP contribution in [0.25, 0.3) is 0 Å². The SMILES string of the molecule is [O-]N(O)c1ccc2c(c1)NP(=S)(Oc1ccccc1)N2. The third-order valence-corrected chi connectivity index (χ3v) is 5.05. The van der Waals surface area contributed by atoms with Gasteiger partial charge in [-0.05, 0) is 42.1 Å².